The first-order valence-corrected chi connectivity index (χ1v) is 8.06. The van der Waals surface area contributed by atoms with E-state index < -0.39 is 0 Å². The quantitative estimate of drug-likeness (QED) is 0.841. The van der Waals surface area contributed by atoms with Crippen molar-refractivity contribution < 1.29 is 4.84 Å². The van der Waals surface area contributed by atoms with Gasteiger partial charge in [0.1, 0.15) is 6.23 Å². The molecule has 0 amide bonds. The molecular formula is C15H32N4O. The Labute approximate surface area is 124 Å². The lowest BCUT2D eigenvalue weighted by atomic mass is 10.0. The zero-order chi connectivity index (χ0) is 14.8. The van der Waals surface area contributed by atoms with E-state index in [1.54, 1.807) is 0 Å². The number of hydrogen-bond acceptors (Lipinski definition) is 5. The fourth-order valence-electron chi connectivity index (χ4n) is 3.15. The van der Waals surface area contributed by atoms with Crippen LogP contribution in [0, 0.1) is 0 Å². The maximum absolute atomic E-state index is 5.59. The molecule has 20 heavy (non-hydrogen) atoms. The van der Waals surface area contributed by atoms with Crippen LogP contribution in [0.5, 0.6) is 0 Å². The summed E-state index contributed by atoms with van der Waals surface area (Å²) in [6.45, 7) is 18.1. The molecule has 2 rings (SSSR count). The van der Waals surface area contributed by atoms with Crippen LogP contribution in [0.1, 0.15) is 41.0 Å². The summed E-state index contributed by atoms with van der Waals surface area (Å²) in [6, 6.07) is 0. The van der Waals surface area contributed by atoms with Gasteiger partial charge in [-0.05, 0) is 34.1 Å². The zero-order valence-corrected chi connectivity index (χ0v) is 13.9. The van der Waals surface area contributed by atoms with Crippen molar-refractivity contribution in [1.82, 2.24) is 20.2 Å². The summed E-state index contributed by atoms with van der Waals surface area (Å²) in [6.07, 6.45) is 1.70. The van der Waals surface area contributed by atoms with Crippen molar-refractivity contribution in [1.29, 1.82) is 0 Å². The molecule has 0 aromatic heterocycles. The van der Waals surface area contributed by atoms with Gasteiger partial charge in [0, 0.05) is 44.8 Å². The molecule has 0 bridgehead atoms. The van der Waals surface area contributed by atoms with Crippen LogP contribution in [0.25, 0.3) is 0 Å². The van der Waals surface area contributed by atoms with Gasteiger partial charge in [0.05, 0.1) is 6.17 Å². The Hall–Kier alpha value is -0.200. The second kappa shape index (κ2) is 6.71. The molecule has 0 aromatic carbocycles. The van der Waals surface area contributed by atoms with Gasteiger partial charge in [0.15, 0.2) is 0 Å². The predicted molar refractivity (Wildman–Crippen MR) is 82.2 cm³/mol. The summed E-state index contributed by atoms with van der Waals surface area (Å²) < 4.78 is 0. The Kier molecular flexibility index (Phi) is 5.42. The minimum absolute atomic E-state index is 0.191. The van der Waals surface area contributed by atoms with Gasteiger partial charge >= 0.3 is 0 Å². The van der Waals surface area contributed by atoms with E-state index in [9.17, 15) is 0 Å². The smallest absolute Gasteiger partial charge is 0.130 e. The van der Waals surface area contributed by atoms with Gasteiger partial charge < -0.3 is 0 Å². The third kappa shape index (κ3) is 3.92. The highest BCUT2D eigenvalue weighted by atomic mass is 16.7. The van der Waals surface area contributed by atoms with E-state index in [0.717, 1.165) is 26.2 Å². The molecule has 2 aliphatic heterocycles. The maximum Gasteiger partial charge on any atom is 0.130 e. The molecule has 118 valence electrons. The molecule has 2 saturated heterocycles. The third-order valence-electron chi connectivity index (χ3n) is 4.48. The van der Waals surface area contributed by atoms with E-state index in [0.29, 0.717) is 11.7 Å². The minimum Gasteiger partial charge on any atom is -0.298 e. The van der Waals surface area contributed by atoms with Gasteiger partial charge in [-0.25, -0.2) is 0 Å². The molecule has 5 heteroatoms. The molecule has 1 N–H and O–H groups in total. The second-order valence-electron chi connectivity index (χ2n) is 7.05. The van der Waals surface area contributed by atoms with Crippen molar-refractivity contribution in [3.8, 4) is 0 Å². The van der Waals surface area contributed by atoms with Crippen LogP contribution in [0.3, 0.4) is 0 Å². The topological polar surface area (TPSA) is 31.0 Å². The Morgan fingerprint density at radius 3 is 2.35 bits per heavy atom. The Balaban J connectivity index is 1.80. The number of nitrogens with one attached hydrogen (secondary N) is 1. The van der Waals surface area contributed by atoms with Crippen molar-refractivity contribution in [2.45, 2.75) is 59.0 Å². The monoisotopic (exact) mass is 284 g/mol. The first-order chi connectivity index (χ1) is 9.41. The molecule has 2 heterocycles. The average molecular weight is 284 g/mol. The largest absolute Gasteiger partial charge is 0.298 e. The van der Waals surface area contributed by atoms with Crippen LogP contribution < -0.4 is 5.48 Å². The molecule has 2 unspecified atom stereocenters. The van der Waals surface area contributed by atoms with Gasteiger partial charge in [-0.15, -0.1) is 0 Å². The number of piperazine rings is 1. The van der Waals surface area contributed by atoms with E-state index in [4.69, 9.17) is 4.84 Å². The van der Waals surface area contributed by atoms with Crippen molar-refractivity contribution in [3.05, 3.63) is 0 Å². The summed E-state index contributed by atoms with van der Waals surface area (Å²) in [5.74, 6) is 0. The Bertz CT molecular complexity index is 297. The molecular weight excluding hydrogens is 252 g/mol. The fraction of sp³-hybridized carbons (Fsp3) is 1.00. The van der Waals surface area contributed by atoms with E-state index in [2.05, 4.69) is 54.8 Å². The molecule has 5 nitrogen and oxygen atoms in total. The van der Waals surface area contributed by atoms with Crippen molar-refractivity contribution >= 4 is 0 Å². The molecule has 0 aromatic rings. The summed E-state index contributed by atoms with van der Waals surface area (Å²) in [7, 11) is 0. The van der Waals surface area contributed by atoms with Crippen LogP contribution in [0.15, 0.2) is 0 Å². The molecule has 0 saturated carbocycles. The van der Waals surface area contributed by atoms with Crippen LogP contribution in [-0.4, -0.2) is 71.9 Å². The lowest BCUT2D eigenvalue weighted by Crippen LogP contribution is -2.56. The Morgan fingerprint density at radius 2 is 1.80 bits per heavy atom. The first kappa shape index (κ1) is 16.2. The highest BCUT2D eigenvalue weighted by molar-refractivity contribution is 4.84. The van der Waals surface area contributed by atoms with Gasteiger partial charge in [0.2, 0.25) is 0 Å². The molecule has 2 atom stereocenters. The number of nitrogens with zero attached hydrogens (tertiary/aromatic N) is 3. The number of hydroxylamine groups is 1. The number of hydrogen-bond donors (Lipinski definition) is 1. The molecule has 0 aliphatic carbocycles. The van der Waals surface area contributed by atoms with E-state index in [1.807, 2.05) is 0 Å². The van der Waals surface area contributed by atoms with Crippen LogP contribution in [-0.2, 0) is 4.84 Å². The van der Waals surface area contributed by atoms with Crippen molar-refractivity contribution in [2.75, 3.05) is 39.3 Å². The molecule has 2 fully saturated rings. The first-order valence-electron chi connectivity index (χ1n) is 8.06. The fourth-order valence-corrected chi connectivity index (χ4v) is 3.15. The van der Waals surface area contributed by atoms with Gasteiger partial charge in [-0.2, -0.15) is 5.48 Å². The highest BCUT2D eigenvalue weighted by Gasteiger charge is 2.33. The molecule has 0 radical (unpaired) electrons. The lowest BCUT2D eigenvalue weighted by Gasteiger charge is -2.43. The zero-order valence-electron chi connectivity index (χ0n) is 13.9. The normalized spacial score (nSPS) is 31.1. The third-order valence-corrected chi connectivity index (χ3v) is 4.48. The van der Waals surface area contributed by atoms with Crippen molar-refractivity contribution in [3.63, 3.8) is 0 Å². The number of rotatable bonds is 4. The predicted octanol–water partition coefficient (Wildman–Crippen LogP) is 1.32. The van der Waals surface area contributed by atoms with E-state index in [1.165, 1.54) is 19.5 Å². The molecule has 2 aliphatic rings. The van der Waals surface area contributed by atoms with Crippen molar-refractivity contribution in [2.24, 2.45) is 0 Å². The van der Waals surface area contributed by atoms with Crippen LogP contribution in [0.4, 0.5) is 0 Å². The average Bonchev–Trinajstić information content (AvgIpc) is 2.72. The molecule has 0 spiro atoms. The van der Waals surface area contributed by atoms with Gasteiger partial charge in [0.25, 0.3) is 0 Å². The van der Waals surface area contributed by atoms with E-state index >= 15 is 0 Å². The standard InChI is InChI=1S/C15H32N4O/c1-6-7-19-13(2)20-16-14(19)12-17-8-10-18(11-9-17)15(3,4)5/h13-14,16H,6-12H2,1-5H3. The summed E-state index contributed by atoms with van der Waals surface area (Å²) >= 11 is 0. The van der Waals surface area contributed by atoms with Crippen LogP contribution >= 0.6 is 0 Å². The van der Waals surface area contributed by atoms with Crippen LogP contribution in [0.2, 0.25) is 0 Å². The SMILES string of the molecule is CCCN1C(CN2CCN(C(C)(C)C)CC2)NOC1C. The van der Waals surface area contributed by atoms with E-state index in [-0.39, 0.29) is 6.23 Å². The lowest BCUT2D eigenvalue weighted by molar-refractivity contribution is 0.00390. The minimum atomic E-state index is 0.191. The summed E-state index contributed by atoms with van der Waals surface area (Å²) in [5.41, 5.74) is 3.50. The van der Waals surface area contributed by atoms with Gasteiger partial charge in [-0.1, -0.05) is 6.92 Å². The maximum atomic E-state index is 5.59. The second-order valence-corrected chi connectivity index (χ2v) is 7.05. The summed E-state index contributed by atoms with van der Waals surface area (Å²) in [4.78, 5) is 13.2. The Morgan fingerprint density at radius 1 is 1.15 bits per heavy atom. The van der Waals surface area contributed by atoms with Gasteiger partial charge in [-0.3, -0.25) is 19.5 Å². The highest BCUT2D eigenvalue weighted by Crippen LogP contribution is 2.18. The summed E-state index contributed by atoms with van der Waals surface area (Å²) in [5, 5.41) is 0.